The maximum absolute atomic E-state index is 11.0. The van der Waals surface area contributed by atoms with Gasteiger partial charge in [-0.15, -0.1) is 0 Å². The van der Waals surface area contributed by atoms with Crippen LogP contribution in [0.15, 0.2) is 0 Å². The molecule has 88 valence electrons. The van der Waals surface area contributed by atoms with Crippen molar-refractivity contribution in [2.75, 3.05) is 13.2 Å². The lowest BCUT2D eigenvalue weighted by Crippen LogP contribution is -2.46. The van der Waals surface area contributed by atoms with Gasteiger partial charge in [-0.2, -0.15) is 0 Å². The van der Waals surface area contributed by atoms with Gasteiger partial charge in [0.1, 0.15) is 0 Å². The third-order valence-corrected chi connectivity index (χ3v) is 3.47. The lowest BCUT2D eigenvalue weighted by atomic mass is 9.87. The number of aliphatic hydroxyl groups is 1. The number of nitrogens with one attached hydrogen (secondary N) is 1. The summed E-state index contributed by atoms with van der Waals surface area (Å²) in [6, 6.07) is -0.256. The van der Waals surface area contributed by atoms with Crippen molar-refractivity contribution < 1.29 is 9.90 Å². The zero-order valence-corrected chi connectivity index (χ0v) is 9.46. The Hall–Kier alpha value is -0.610. The van der Waals surface area contributed by atoms with Crippen molar-refractivity contribution in [3.8, 4) is 0 Å². The monoisotopic (exact) mass is 214 g/mol. The van der Waals surface area contributed by atoms with Crippen LogP contribution in [-0.4, -0.2) is 30.2 Å². The molecule has 1 aliphatic carbocycles. The van der Waals surface area contributed by atoms with Gasteiger partial charge in [-0.3, -0.25) is 4.79 Å². The Morgan fingerprint density at radius 1 is 1.53 bits per heavy atom. The normalized spacial score (nSPS) is 21.5. The Balaban J connectivity index is 2.42. The topological polar surface area (TPSA) is 75.3 Å². The van der Waals surface area contributed by atoms with Crippen LogP contribution in [0.1, 0.15) is 39.0 Å². The van der Waals surface area contributed by atoms with E-state index < -0.39 is 0 Å². The fourth-order valence-electron chi connectivity index (χ4n) is 2.30. The first-order valence-corrected chi connectivity index (χ1v) is 5.77. The molecule has 0 saturated heterocycles. The van der Waals surface area contributed by atoms with E-state index in [0.717, 1.165) is 12.8 Å². The molecular weight excluding hydrogens is 192 g/mol. The van der Waals surface area contributed by atoms with Crippen LogP contribution >= 0.6 is 0 Å². The van der Waals surface area contributed by atoms with E-state index in [1.54, 1.807) is 0 Å². The predicted octanol–water partition coefficient (Wildman–Crippen LogP) is 0.393. The van der Waals surface area contributed by atoms with Crippen LogP contribution in [0.5, 0.6) is 0 Å². The highest BCUT2D eigenvalue weighted by Gasteiger charge is 2.33. The molecule has 1 fully saturated rings. The summed E-state index contributed by atoms with van der Waals surface area (Å²) in [5, 5.41) is 12.6. The summed E-state index contributed by atoms with van der Waals surface area (Å²) in [7, 11) is 0. The van der Waals surface area contributed by atoms with Gasteiger partial charge in [-0.25, -0.2) is 0 Å². The number of primary amides is 1. The largest absolute Gasteiger partial charge is 0.396 e. The van der Waals surface area contributed by atoms with E-state index in [2.05, 4.69) is 5.32 Å². The van der Waals surface area contributed by atoms with E-state index in [1.165, 1.54) is 12.8 Å². The van der Waals surface area contributed by atoms with Gasteiger partial charge >= 0.3 is 0 Å². The number of carbonyl (C=O) groups excluding carboxylic acids is 1. The van der Waals surface area contributed by atoms with Crippen molar-refractivity contribution in [2.24, 2.45) is 11.1 Å². The molecule has 4 heteroatoms. The first kappa shape index (κ1) is 12.5. The average Bonchev–Trinajstić information content (AvgIpc) is 2.68. The number of nitrogens with two attached hydrogens (primary N) is 1. The fraction of sp³-hybridized carbons (Fsp3) is 0.909. The van der Waals surface area contributed by atoms with E-state index in [9.17, 15) is 9.90 Å². The number of carbonyl (C=O) groups is 1. The highest BCUT2D eigenvalue weighted by Crippen LogP contribution is 2.36. The second-order valence-corrected chi connectivity index (χ2v) is 4.61. The highest BCUT2D eigenvalue weighted by molar-refractivity contribution is 5.79. The molecule has 0 aliphatic heterocycles. The van der Waals surface area contributed by atoms with Gasteiger partial charge in [0.15, 0.2) is 0 Å². The SMILES string of the molecule is CCC(NCC1(CO)CCCC1)C(N)=O. The molecule has 0 radical (unpaired) electrons. The number of hydrogen-bond acceptors (Lipinski definition) is 3. The molecule has 0 bridgehead atoms. The molecule has 1 unspecified atom stereocenters. The third-order valence-electron chi connectivity index (χ3n) is 3.47. The summed E-state index contributed by atoms with van der Waals surface area (Å²) < 4.78 is 0. The Morgan fingerprint density at radius 2 is 2.13 bits per heavy atom. The second kappa shape index (κ2) is 5.47. The van der Waals surface area contributed by atoms with E-state index in [0.29, 0.717) is 13.0 Å². The minimum absolute atomic E-state index is 0.0110. The summed E-state index contributed by atoms with van der Waals surface area (Å²) in [5.41, 5.74) is 5.24. The second-order valence-electron chi connectivity index (χ2n) is 4.61. The standard InChI is InChI=1S/C11H22N2O2/c1-2-9(10(12)15)13-7-11(8-14)5-3-4-6-11/h9,13-14H,2-8H2,1H3,(H2,12,15). The van der Waals surface area contributed by atoms with Crippen molar-refractivity contribution in [1.82, 2.24) is 5.32 Å². The Bertz CT molecular complexity index is 213. The number of rotatable bonds is 6. The summed E-state index contributed by atoms with van der Waals surface area (Å²) in [6.45, 7) is 2.84. The lowest BCUT2D eigenvalue weighted by Gasteiger charge is -2.28. The fourth-order valence-corrected chi connectivity index (χ4v) is 2.30. The predicted molar refractivity (Wildman–Crippen MR) is 59.3 cm³/mol. The summed E-state index contributed by atoms with van der Waals surface area (Å²) in [6.07, 6.45) is 5.15. The van der Waals surface area contributed by atoms with Crippen LogP contribution in [0.2, 0.25) is 0 Å². The molecule has 1 atom stereocenters. The van der Waals surface area contributed by atoms with E-state index >= 15 is 0 Å². The highest BCUT2D eigenvalue weighted by atomic mass is 16.3. The first-order valence-electron chi connectivity index (χ1n) is 5.77. The summed E-state index contributed by atoms with van der Waals surface area (Å²) in [5.74, 6) is -0.302. The Morgan fingerprint density at radius 3 is 2.53 bits per heavy atom. The van der Waals surface area contributed by atoms with Gasteiger partial charge < -0.3 is 16.2 Å². The molecule has 1 amide bonds. The maximum atomic E-state index is 11.0. The van der Waals surface area contributed by atoms with Gasteiger partial charge in [0.2, 0.25) is 5.91 Å². The third kappa shape index (κ3) is 3.18. The quantitative estimate of drug-likeness (QED) is 0.599. The van der Waals surface area contributed by atoms with Crippen molar-refractivity contribution in [1.29, 1.82) is 0 Å². The molecule has 1 aliphatic rings. The van der Waals surface area contributed by atoms with Crippen molar-refractivity contribution in [3.63, 3.8) is 0 Å². The van der Waals surface area contributed by atoms with Crippen molar-refractivity contribution in [3.05, 3.63) is 0 Å². The van der Waals surface area contributed by atoms with Gasteiger partial charge in [-0.1, -0.05) is 19.8 Å². The van der Waals surface area contributed by atoms with Crippen LogP contribution in [0.25, 0.3) is 0 Å². The Kier molecular flexibility index (Phi) is 4.54. The molecule has 1 saturated carbocycles. The first-order chi connectivity index (χ1) is 7.13. The van der Waals surface area contributed by atoms with Crippen molar-refractivity contribution >= 4 is 5.91 Å². The van der Waals surface area contributed by atoms with Gasteiger partial charge in [0.25, 0.3) is 0 Å². The lowest BCUT2D eigenvalue weighted by molar-refractivity contribution is -0.120. The zero-order valence-electron chi connectivity index (χ0n) is 9.46. The van der Waals surface area contributed by atoms with Crippen molar-refractivity contribution in [2.45, 2.75) is 45.1 Å². The molecule has 0 aromatic carbocycles. The smallest absolute Gasteiger partial charge is 0.234 e. The average molecular weight is 214 g/mol. The van der Waals surface area contributed by atoms with E-state index in [1.807, 2.05) is 6.92 Å². The molecule has 4 N–H and O–H groups in total. The Labute approximate surface area is 91.2 Å². The zero-order chi connectivity index (χ0) is 11.3. The maximum Gasteiger partial charge on any atom is 0.234 e. The molecule has 1 rings (SSSR count). The van der Waals surface area contributed by atoms with Crippen LogP contribution in [-0.2, 0) is 4.79 Å². The number of amides is 1. The van der Waals surface area contributed by atoms with E-state index in [-0.39, 0.29) is 24.0 Å². The van der Waals surface area contributed by atoms with Crippen LogP contribution in [0.4, 0.5) is 0 Å². The number of aliphatic hydroxyl groups excluding tert-OH is 1. The van der Waals surface area contributed by atoms with Crippen LogP contribution < -0.4 is 11.1 Å². The van der Waals surface area contributed by atoms with Crippen LogP contribution in [0, 0.1) is 5.41 Å². The summed E-state index contributed by atoms with van der Waals surface area (Å²) in [4.78, 5) is 11.0. The van der Waals surface area contributed by atoms with Gasteiger partial charge in [-0.05, 0) is 19.3 Å². The molecular formula is C11H22N2O2. The molecule has 0 aromatic rings. The molecule has 0 heterocycles. The molecule has 0 aromatic heterocycles. The van der Waals surface area contributed by atoms with E-state index in [4.69, 9.17) is 5.73 Å². The molecule has 15 heavy (non-hydrogen) atoms. The minimum atomic E-state index is -0.302. The number of hydrogen-bond donors (Lipinski definition) is 3. The minimum Gasteiger partial charge on any atom is -0.396 e. The molecule has 0 spiro atoms. The molecule has 4 nitrogen and oxygen atoms in total. The van der Waals surface area contributed by atoms with Gasteiger partial charge in [0, 0.05) is 18.6 Å². The van der Waals surface area contributed by atoms with Crippen LogP contribution in [0.3, 0.4) is 0 Å². The summed E-state index contributed by atoms with van der Waals surface area (Å²) >= 11 is 0. The van der Waals surface area contributed by atoms with Gasteiger partial charge in [0.05, 0.1) is 6.04 Å².